The molecule has 2 aromatic carbocycles. The van der Waals surface area contributed by atoms with Gasteiger partial charge >= 0.3 is 0 Å². The maximum absolute atomic E-state index is 12.6. The largest absolute Gasteiger partial charge is 0.355 e. The fourth-order valence-corrected chi connectivity index (χ4v) is 4.72. The van der Waals surface area contributed by atoms with Gasteiger partial charge in [-0.15, -0.1) is 11.3 Å². The van der Waals surface area contributed by atoms with Gasteiger partial charge in [0.05, 0.1) is 10.3 Å². The van der Waals surface area contributed by atoms with Crippen LogP contribution in [0.25, 0.3) is 22.2 Å². The minimum atomic E-state index is -0.399. The highest BCUT2D eigenvalue weighted by Gasteiger charge is 2.19. The third-order valence-electron chi connectivity index (χ3n) is 5.03. The highest BCUT2D eigenvalue weighted by molar-refractivity contribution is 7.14. The number of hydrazine groups is 1. The summed E-state index contributed by atoms with van der Waals surface area (Å²) in [6, 6.07) is 16.6. The Labute approximate surface area is 170 Å². The van der Waals surface area contributed by atoms with E-state index in [0.717, 1.165) is 30.2 Å². The summed E-state index contributed by atoms with van der Waals surface area (Å²) in [6.45, 7) is 0. The number of aromatic nitrogens is 1. The maximum Gasteiger partial charge on any atom is 0.279 e. The molecule has 0 bridgehead atoms. The standard InChI is InChI=1S/C22H17N3O3S/c26-21(23-24-22(27)19-12-14-7-4-8-18(14)29-19)15-9-10-17-16(11-15)20(28-25-17)13-5-2-1-3-6-13/h1-3,5-6,9-12H,4,7-8H2,(H,23,26)(H,24,27). The van der Waals surface area contributed by atoms with Crippen LogP contribution in [0.5, 0.6) is 0 Å². The SMILES string of the molecule is O=C(NNC(=O)c1cc2c(s1)CCC2)c1ccc2noc(-c3ccccc3)c2c1. The van der Waals surface area contributed by atoms with Gasteiger partial charge in [-0.25, -0.2) is 0 Å². The van der Waals surface area contributed by atoms with Crippen molar-refractivity contribution in [1.82, 2.24) is 16.0 Å². The van der Waals surface area contributed by atoms with E-state index in [1.807, 2.05) is 36.4 Å². The second-order valence-electron chi connectivity index (χ2n) is 6.93. The van der Waals surface area contributed by atoms with Crippen molar-refractivity contribution >= 4 is 34.1 Å². The van der Waals surface area contributed by atoms with E-state index >= 15 is 0 Å². The minimum absolute atomic E-state index is 0.297. The topological polar surface area (TPSA) is 84.2 Å². The molecule has 29 heavy (non-hydrogen) atoms. The quantitative estimate of drug-likeness (QED) is 0.504. The fourth-order valence-electron chi connectivity index (χ4n) is 3.57. The average Bonchev–Trinajstić information content (AvgIpc) is 3.46. The molecule has 2 N–H and O–H groups in total. The Morgan fingerprint density at radius 2 is 1.79 bits per heavy atom. The van der Waals surface area contributed by atoms with Crippen LogP contribution in [0.3, 0.4) is 0 Å². The molecule has 0 radical (unpaired) electrons. The Hall–Kier alpha value is -3.45. The van der Waals surface area contributed by atoms with Crippen molar-refractivity contribution in [3.8, 4) is 11.3 Å². The van der Waals surface area contributed by atoms with Crippen LogP contribution in [-0.4, -0.2) is 17.0 Å². The predicted molar refractivity (Wildman–Crippen MR) is 111 cm³/mol. The summed E-state index contributed by atoms with van der Waals surface area (Å²) in [4.78, 5) is 26.8. The first-order chi connectivity index (χ1) is 14.2. The van der Waals surface area contributed by atoms with Crippen LogP contribution in [0.1, 0.15) is 36.9 Å². The molecule has 0 saturated carbocycles. The van der Waals surface area contributed by atoms with Gasteiger partial charge < -0.3 is 4.52 Å². The average molecular weight is 403 g/mol. The van der Waals surface area contributed by atoms with E-state index in [2.05, 4.69) is 16.0 Å². The van der Waals surface area contributed by atoms with E-state index in [-0.39, 0.29) is 5.91 Å². The molecule has 6 nitrogen and oxygen atoms in total. The number of carbonyl (C=O) groups is 2. The van der Waals surface area contributed by atoms with Crippen molar-refractivity contribution < 1.29 is 14.1 Å². The van der Waals surface area contributed by atoms with Gasteiger partial charge in [0, 0.05) is 16.0 Å². The molecule has 144 valence electrons. The number of thiophene rings is 1. The summed E-state index contributed by atoms with van der Waals surface area (Å²) in [7, 11) is 0. The van der Waals surface area contributed by atoms with Crippen molar-refractivity contribution in [3.63, 3.8) is 0 Å². The van der Waals surface area contributed by atoms with Crippen LogP contribution in [0.4, 0.5) is 0 Å². The highest BCUT2D eigenvalue weighted by Crippen LogP contribution is 2.31. The molecule has 2 heterocycles. The first-order valence-corrected chi connectivity index (χ1v) is 10.2. The molecular weight excluding hydrogens is 386 g/mol. The molecule has 7 heteroatoms. The first kappa shape index (κ1) is 17.6. The number of nitrogens with zero attached hydrogens (tertiary/aromatic N) is 1. The summed E-state index contributed by atoms with van der Waals surface area (Å²) >= 11 is 1.50. The van der Waals surface area contributed by atoms with E-state index < -0.39 is 5.91 Å². The summed E-state index contributed by atoms with van der Waals surface area (Å²) in [5, 5.41) is 4.80. The maximum atomic E-state index is 12.6. The lowest BCUT2D eigenvalue weighted by Crippen LogP contribution is -2.41. The van der Waals surface area contributed by atoms with Crippen LogP contribution in [0, 0.1) is 0 Å². The summed E-state index contributed by atoms with van der Waals surface area (Å²) in [6.07, 6.45) is 3.20. The first-order valence-electron chi connectivity index (χ1n) is 9.36. The van der Waals surface area contributed by atoms with E-state index in [4.69, 9.17) is 4.52 Å². The van der Waals surface area contributed by atoms with Crippen LogP contribution in [-0.2, 0) is 12.8 Å². The Morgan fingerprint density at radius 1 is 0.966 bits per heavy atom. The van der Waals surface area contributed by atoms with Crippen LogP contribution in [0.15, 0.2) is 59.1 Å². The van der Waals surface area contributed by atoms with Gasteiger partial charge in [0.2, 0.25) is 0 Å². The normalized spacial score (nSPS) is 12.7. The van der Waals surface area contributed by atoms with Crippen molar-refractivity contribution in [2.24, 2.45) is 0 Å². The molecule has 0 atom stereocenters. The van der Waals surface area contributed by atoms with Gasteiger partial charge in [0.15, 0.2) is 5.76 Å². The van der Waals surface area contributed by atoms with Crippen molar-refractivity contribution in [3.05, 3.63) is 75.5 Å². The van der Waals surface area contributed by atoms with Crippen LogP contribution in [0.2, 0.25) is 0 Å². The summed E-state index contributed by atoms with van der Waals surface area (Å²) in [5.74, 6) is -0.0919. The monoisotopic (exact) mass is 403 g/mol. The molecular formula is C22H17N3O3S. The van der Waals surface area contributed by atoms with Crippen molar-refractivity contribution in [2.75, 3.05) is 0 Å². The second kappa shape index (κ2) is 7.18. The van der Waals surface area contributed by atoms with E-state index in [9.17, 15) is 9.59 Å². The molecule has 0 saturated heterocycles. The Morgan fingerprint density at radius 3 is 2.62 bits per heavy atom. The number of fused-ring (bicyclic) bond motifs is 2. The Balaban J connectivity index is 1.33. The number of carbonyl (C=O) groups excluding carboxylic acids is 2. The molecule has 1 aliphatic rings. The highest BCUT2D eigenvalue weighted by atomic mass is 32.1. The second-order valence-corrected chi connectivity index (χ2v) is 8.07. The molecule has 0 fully saturated rings. The number of rotatable bonds is 3. The molecule has 0 aliphatic heterocycles. The third-order valence-corrected chi connectivity index (χ3v) is 6.27. The molecule has 1 aliphatic carbocycles. The zero-order chi connectivity index (χ0) is 19.8. The number of hydrogen-bond acceptors (Lipinski definition) is 5. The molecule has 2 aromatic heterocycles. The molecule has 0 unspecified atom stereocenters. The Kier molecular flexibility index (Phi) is 4.37. The van der Waals surface area contributed by atoms with Crippen LogP contribution >= 0.6 is 11.3 Å². The smallest absolute Gasteiger partial charge is 0.279 e. The molecule has 0 spiro atoms. The summed E-state index contributed by atoms with van der Waals surface area (Å²) in [5.41, 5.74) is 8.20. The van der Waals surface area contributed by atoms with E-state index in [0.29, 0.717) is 21.7 Å². The number of benzene rings is 2. The lowest BCUT2D eigenvalue weighted by atomic mass is 10.1. The zero-order valence-corrected chi connectivity index (χ0v) is 16.2. The number of aryl methyl sites for hydroxylation is 2. The Bertz CT molecular complexity index is 1210. The minimum Gasteiger partial charge on any atom is -0.355 e. The van der Waals surface area contributed by atoms with Gasteiger partial charge in [-0.2, -0.15) is 0 Å². The fraction of sp³-hybridized carbons (Fsp3) is 0.136. The van der Waals surface area contributed by atoms with Gasteiger partial charge in [0.1, 0.15) is 5.52 Å². The third kappa shape index (κ3) is 3.30. The van der Waals surface area contributed by atoms with Crippen LogP contribution < -0.4 is 10.9 Å². The number of nitrogens with one attached hydrogen (secondary N) is 2. The molecule has 4 aromatic rings. The van der Waals surface area contributed by atoms with Gasteiger partial charge in [-0.3, -0.25) is 20.4 Å². The van der Waals surface area contributed by atoms with Gasteiger partial charge in [0.25, 0.3) is 11.8 Å². The van der Waals surface area contributed by atoms with Crippen molar-refractivity contribution in [2.45, 2.75) is 19.3 Å². The molecule has 2 amide bonds. The van der Waals surface area contributed by atoms with E-state index in [1.165, 1.54) is 21.8 Å². The lowest BCUT2D eigenvalue weighted by molar-refractivity contribution is 0.0849. The van der Waals surface area contributed by atoms with Gasteiger partial charge in [-0.1, -0.05) is 35.5 Å². The number of hydrogen-bond donors (Lipinski definition) is 2. The van der Waals surface area contributed by atoms with Gasteiger partial charge in [-0.05, 0) is 49.1 Å². The van der Waals surface area contributed by atoms with E-state index in [1.54, 1.807) is 18.2 Å². The zero-order valence-electron chi connectivity index (χ0n) is 15.4. The number of amides is 2. The predicted octanol–water partition coefficient (Wildman–Crippen LogP) is 4.12. The molecule has 5 rings (SSSR count). The lowest BCUT2D eigenvalue weighted by Gasteiger charge is -2.06. The van der Waals surface area contributed by atoms with Crippen molar-refractivity contribution in [1.29, 1.82) is 0 Å². The summed E-state index contributed by atoms with van der Waals surface area (Å²) < 4.78 is 5.47.